The summed E-state index contributed by atoms with van der Waals surface area (Å²) >= 11 is 0. The van der Waals surface area contributed by atoms with E-state index in [1.165, 1.54) is 0 Å². The number of ketones is 1. The Bertz CT molecular complexity index is 2100. The minimum Gasteiger partial charge on any atom is -0.508 e. The molecular weight excluding hydrogens is 632 g/mol. The number of carbonyl (C=O) groups excluding carboxylic acids is 1. The largest absolute Gasteiger partial charge is 0.508 e. The summed E-state index contributed by atoms with van der Waals surface area (Å²) in [7, 11) is 0. The first-order valence-corrected chi connectivity index (χ1v) is 17.4. The van der Waals surface area contributed by atoms with Crippen molar-refractivity contribution in [1.29, 1.82) is 0 Å². The summed E-state index contributed by atoms with van der Waals surface area (Å²) < 4.78 is 0. The number of nitro groups is 1. The number of piperazine rings is 1. The maximum Gasteiger partial charge on any atom is 0.280 e. The summed E-state index contributed by atoms with van der Waals surface area (Å²) in [6.45, 7) is 9.32. The van der Waals surface area contributed by atoms with Crippen LogP contribution in [0.25, 0.3) is 21.8 Å². The molecule has 12 nitrogen and oxygen atoms in total. The second kappa shape index (κ2) is 13.2. The van der Waals surface area contributed by atoms with Crippen LogP contribution < -0.4 is 15.5 Å². The lowest BCUT2D eigenvalue weighted by Gasteiger charge is -2.37. The number of aryl methyl sites for hydroxylation is 1. The molecule has 0 spiro atoms. The maximum atomic E-state index is 13.6. The number of phenols is 1. The van der Waals surface area contributed by atoms with E-state index < -0.39 is 0 Å². The molecule has 4 aromatic rings. The van der Waals surface area contributed by atoms with E-state index in [9.17, 15) is 20.0 Å². The van der Waals surface area contributed by atoms with Crippen molar-refractivity contribution < 1.29 is 14.8 Å². The van der Waals surface area contributed by atoms with Gasteiger partial charge < -0.3 is 30.4 Å². The number of rotatable bonds is 11. The highest BCUT2D eigenvalue weighted by atomic mass is 16.6. The lowest BCUT2D eigenvalue weighted by Crippen LogP contribution is -2.47. The van der Waals surface area contributed by atoms with Gasteiger partial charge in [0.05, 0.1) is 45.8 Å². The third-order valence-electron chi connectivity index (χ3n) is 10.4. The number of phenolic OH excluding ortho intramolecular Hbond substituents is 1. The predicted molar refractivity (Wildman–Crippen MR) is 196 cm³/mol. The van der Waals surface area contributed by atoms with Crippen molar-refractivity contribution in [3.8, 4) is 5.75 Å². The molecule has 4 heterocycles. The number of anilines is 2. The zero-order valence-electron chi connectivity index (χ0n) is 28.0. The number of Topliss-reactive ketones (excluding diaryl/α,β-unsaturated/α-hetero) is 1. The summed E-state index contributed by atoms with van der Waals surface area (Å²) in [6.07, 6.45) is 7.72. The summed E-state index contributed by atoms with van der Waals surface area (Å²) in [5.74, 6) is 0.0296. The highest BCUT2D eigenvalue weighted by Crippen LogP contribution is 2.42. The number of pyridine rings is 1. The summed E-state index contributed by atoms with van der Waals surface area (Å²) in [4.78, 5) is 41.7. The lowest BCUT2D eigenvalue weighted by molar-refractivity contribution is -0.383. The number of aromatic hydroxyl groups is 1. The van der Waals surface area contributed by atoms with Gasteiger partial charge in [0.15, 0.2) is 5.78 Å². The van der Waals surface area contributed by atoms with E-state index in [1.54, 1.807) is 36.7 Å². The first-order chi connectivity index (χ1) is 24.4. The molecule has 3 N–H and O–H groups in total. The van der Waals surface area contributed by atoms with Crippen molar-refractivity contribution in [2.45, 2.75) is 31.8 Å². The third-order valence-corrected chi connectivity index (χ3v) is 10.4. The summed E-state index contributed by atoms with van der Waals surface area (Å²) in [5.41, 5.74) is 6.11. The topological polar surface area (TPSA) is 139 Å². The van der Waals surface area contributed by atoms with Crippen LogP contribution in [0.1, 0.15) is 28.8 Å². The number of nitrogens with one attached hydrogen (secondary N) is 2. The fraction of sp³-hybridized carbons (Fsp3) is 0.342. The van der Waals surface area contributed by atoms with E-state index in [2.05, 4.69) is 31.5 Å². The minimum absolute atomic E-state index is 0.0512. The van der Waals surface area contributed by atoms with Crippen molar-refractivity contribution in [3.63, 3.8) is 0 Å². The van der Waals surface area contributed by atoms with Crippen LogP contribution >= 0.6 is 0 Å². The number of nitrogens with zero attached hydrogens (tertiary/aromatic N) is 6. The molecule has 0 radical (unpaired) electrons. The molecule has 0 saturated carbocycles. The molecule has 1 aromatic heterocycles. The van der Waals surface area contributed by atoms with Gasteiger partial charge in [0.1, 0.15) is 11.1 Å². The lowest BCUT2D eigenvalue weighted by atomic mass is 9.82. The SMILES string of the molecule is Cc1ccc([N+](=O)[O-])c2c(NCCCN3CCN(CCCNC4=C5C(=O)c6cc(O)ccc6N6C=NC(C=C4)C56)CC3)c3ccccc3nc12. The summed E-state index contributed by atoms with van der Waals surface area (Å²) in [6, 6.07) is 15.9. The fourth-order valence-corrected chi connectivity index (χ4v) is 7.80. The van der Waals surface area contributed by atoms with Crippen molar-refractivity contribution in [2.24, 2.45) is 4.99 Å². The second-order valence-electron chi connectivity index (χ2n) is 13.5. The quantitative estimate of drug-likeness (QED) is 0.0862. The molecule has 50 heavy (non-hydrogen) atoms. The smallest absolute Gasteiger partial charge is 0.280 e. The Hall–Kier alpha value is -5.33. The highest BCUT2D eigenvalue weighted by molar-refractivity contribution is 6.19. The van der Waals surface area contributed by atoms with Crippen LogP contribution in [-0.4, -0.2) is 101 Å². The number of nitro benzene ring substituents is 1. The van der Waals surface area contributed by atoms with E-state index in [0.717, 1.165) is 97.8 Å². The molecule has 3 aromatic carbocycles. The van der Waals surface area contributed by atoms with Gasteiger partial charge in [-0.15, -0.1) is 0 Å². The van der Waals surface area contributed by atoms with Crippen molar-refractivity contribution in [2.75, 3.05) is 62.6 Å². The van der Waals surface area contributed by atoms with Gasteiger partial charge in [0.2, 0.25) is 0 Å². The molecule has 3 aliphatic heterocycles. The fourth-order valence-electron chi connectivity index (χ4n) is 7.80. The Kier molecular flexibility index (Phi) is 8.41. The average molecular weight is 673 g/mol. The van der Waals surface area contributed by atoms with E-state index in [-0.39, 0.29) is 34.2 Å². The van der Waals surface area contributed by atoms with Gasteiger partial charge in [-0.25, -0.2) is 4.98 Å². The molecule has 4 aliphatic rings. The monoisotopic (exact) mass is 672 g/mol. The molecule has 2 unspecified atom stereocenters. The highest BCUT2D eigenvalue weighted by Gasteiger charge is 2.45. The normalized spacial score (nSPS) is 20.1. The number of carbonyl (C=O) groups is 1. The number of fused-ring (bicyclic) bond motifs is 4. The van der Waals surface area contributed by atoms with Gasteiger partial charge in [0.25, 0.3) is 5.69 Å². The molecular formula is C38H40N8O4. The van der Waals surface area contributed by atoms with Gasteiger partial charge in [-0.2, -0.15) is 0 Å². The number of aromatic nitrogens is 1. The van der Waals surface area contributed by atoms with Gasteiger partial charge >= 0.3 is 0 Å². The van der Waals surface area contributed by atoms with Gasteiger partial charge in [0, 0.05) is 67.6 Å². The Morgan fingerprint density at radius 1 is 0.980 bits per heavy atom. The number of aliphatic imine (C=N–C) groups is 1. The number of hydrogen-bond donors (Lipinski definition) is 3. The Balaban J connectivity index is 0.827. The van der Waals surface area contributed by atoms with Crippen molar-refractivity contribution >= 4 is 51.0 Å². The maximum absolute atomic E-state index is 13.6. The average Bonchev–Trinajstić information content (AvgIpc) is 3.56. The molecule has 256 valence electrons. The van der Waals surface area contributed by atoms with Crippen LogP contribution in [-0.2, 0) is 0 Å². The Labute approximate surface area is 289 Å². The van der Waals surface area contributed by atoms with Crippen LogP contribution in [0.5, 0.6) is 5.75 Å². The van der Waals surface area contributed by atoms with Crippen LogP contribution in [0.4, 0.5) is 17.1 Å². The number of non-ortho nitro benzene ring substituents is 1. The van der Waals surface area contributed by atoms with E-state index in [4.69, 9.17) is 4.98 Å². The first kappa shape index (κ1) is 31.9. The zero-order valence-corrected chi connectivity index (χ0v) is 28.0. The molecule has 2 atom stereocenters. The second-order valence-corrected chi connectivity index (χ2v) is 13.5. The standard InChI is InChI=1S/C38H40N8O4/c1-24-8-12-32(46(49)50)34-35(24)42-28-7-3-2-6-26(28)36(34)40-15-5-17-44-20-18-43(19-21-44)16-4-14-39-29-10-11-30-37-33(29)38(48)27-22-25(47)9-13-31(27)45(37)23-41-30/h2-3,6-13,22-23,30,37,39,47H,4-5,14-21H2,1H3,(H,40,42). The molecule has 12 heteroatoms. The van der Waals surface area contributed by atoms with Crippen LogP contribution in [0.15, 0.2) is 83.0 Å². The van der Waals surface area contributed by atoms with Crippen molar-refractivity contribution in [1.82, 2.24) is 20.1 Å². The zero-order chi connectivity index (χ0) is 34.4. The summed E-state index contributed by atoms with van der Waals surface area (Å²) in [5, 5.41) is 30.6. The Morgan fingerprint density at radius 3 is 2.48 bits per heavy atom. The number of benzene rings is 3. The molecule has 1 aliphatic carbocycles. The number of allylic oxidation sites excluding steroid dienone is 1. The molecule has 0 bridgehead atoms. The van der Waals surface area contributed by atoms with Crippen LogP contribution in [0, 0.1) is 17.0 Å². The molecule has 0 amide bonds. The van der Waals surface area contributed by atoms with Gasteiger partial charge in [-0.05, 0) is 68.8 Å². The van der Waals surface area contributed by atoms with Gasteiger partial charge in [-0.1, -0.05) is 30.3 Å². The van der Waals surface area contributed by atoms with Gasteiger partial charge in [-0.3, -0.25) is 19.9 Å². The molecule has 8 rings (SSSR count). The minimum atomic E-state index is -0.320. The first-order valence-electron chi connectivity index (χ1n) is 17.4. The molecule has 1 fully saturated rings. The predicted octanol–water partition coefficient (Wildman–Crippen LogP) is 5.02. The number of para-hydroxylation sites is 1. The van der Waals surface area contributed by atoms with Crippen LogP contribution in [0.2, 0.25) is 0 Å². The van der Waals surface area contributed by atoms with Crippen LogP contribution in [0.3, 0.4) is 0 Å². The van der Waals surface area contributed by atoms with E-state index >= 15 is 0 Å². The molecule has 1 saturated heterocycles. The van der Waals surface area contributed by atoms with E-state index in [1.807, 2.05) is 42.2 Å². The van der Waals surface area contributed by atoms with Crippen molar-refractivity contribution in [3.05, 3.63) is 99.3 Å². The Morgan fingerprint density at radius 2 is 1.72 bits per heavy atom. The number of hydrogen-bond acceptors (Lipinski definition) is 11. The van der Waals surface area contributed by atoms with E-state index in [0.29, 0.717) is 23.0 Å². The third kappa shape index (κ3) is 5.73.